The van der Waals surface area contributed by atoms with Crippen molar-refractivity contribution in [1.82, 2.24) is 19.4 Å². The van der Waals surface area contributed by atoms with Crippen LogP contribution in [0, 0.1) is 12.8 Å². The summed E-state index contributed by atoms with van der Waals surface area (Å²) in [5, 5.41) is 9.28. The number of fused-ring (bicyclic) bond motifs is 1. The number of halogens is 3. The predicted molar refractivity (Wildman–Crippen MR) is 105 cm³/mol. The fraction of sp³-hybridized carbons (Fsp3) is 0.450. The summed E-state index contributed by atoms with van der Waals surface area (Å²) in [5.41, 5.74) is 0.974. The lowest BCUT2D eigenvalue weighted by Crippen LogP contribution is -2.36. The smallest absolute Gasteiger partial charge is 0.419 e. The van der Waals surface area contributed by atoms with E-state index < -0.39 is 11.7 Å². The van der Waals surface area contributed by atoms with E-state index in [1.165, 1.54) is 13.3 Å². The molecular formula is C20H22F3N5O2. The Kier molecular flexibility index (Phi) is 5.27. The molecule has 0 bridgehead atoms. The number of hydrogen-bond donors (Lipinski definition) is 1. The van der Waals surface area contributed by atoms with Crippen LogP contribution in [0.1, 0.15) is 24.1 Å². The van der Waals surface area contributed by atoms with Crippen molar-refractivity contribution in [3.05, 3.63) is 35.9 Å². The van der Waals surface area contributed by atoms with Crippen LogP contribution in [0.5, 0.6) is 5.88 Å². The van der Waals surface area contributed by atoms with Crippen molar-refractivity contribution < 1.29 is 23.0 Å². The van der Waals surface area contributed by atoms with Crippen molar-refractivity contribution in [3.63, 3.8) is 0 Å². The topological polar surface area (TPSA) is 75.8 Å². The standard InChI is InChI=1S/C20H22F3N5O2/c1-12-9-28-10-16(26-19(30-2)18(28)25-12)14-7-15(20(21,22)23)17(24-8-14)27-5-3-13(11-29)4-6-27/h7-10,13,29H,3-6,11H2,1-2H3. The number of hydrogen-bond acceptors (Lipinski definition) is 6. The Hall–Kier alpha value is -2.88. The van der Waals surface area contributed by atoms with Gasteiger partial charge in [0.15, 0.2) is 0 Å². The van der Waals surface area contributed by atoms with Gasteiger partial charge >= 0.3 is 6.18 Å². The van der Waals surface area contributed by atoms with E-state index in [-0.39, 0.29) is 29.8 Å². The fourth-order valence-corrected chi connectivity index (χ4v) is 3.75. The van der Waals surface area contributed by atoms with E-state index in [2.05, 4.69) is 15.0 Å². The Balaban J connectivity index is 1.76. The third-order valence-electron chi connectivity index (χ3n) is 5.36. The van der Waals surface area contributed by atoms with E-state index in [9.17, 15) is 18.3 Å². The Morgan fingerprint density at radius 3 is 2.57 bits per heavy atom. The third-order valence-corrected chi connectivity index (χ3v) is 5.36. The number of rotatable bonds is 4. The zero-order valence-corrected chi connectivity index (χ0v) is 16.6. The molecule has 30 heavy (non-hydrogen) atoms. The molecule has 0 saturated carbocycles. The quantitative estimate of drug-likeness (QED) is 0.697. The molecule has 160 valence electrons. The zero-order chi connectivity index (χ0) is 21.5. The lowest BCUT2D eigenvalue weighted by molar-refractivity contribution is -0.137. The van der Waals surface area contributed by atoms with Gasteiger partial charge in [0.25, 0.3) is 5.88 Å². The Labute approximate surface area is 171 Å². The molecule has 4 rings (SSSR count). The van der Waals surface area contributed by atoms with Crippen molar-refractivity contribution in [2.24, 2.45) is 5.92 Å². The van der Waals surface area contributed by atoms with Gasteiger partial charge in [-0.25, -0.2) is 15.0 Å². The number of aliphatic hydroxyl groups is 1. The largest absolute Gasteiger partial charge is 0.478 e. The summed E-state index contributed by atoms with van der Waals surface area (Å²) in [5.74, 6) is 0.260. The van der Waals surface area contributed by atoms with Gasteiger partial charge in [-0.2, -0.15) is 13.2 Å². The Bertz CT molecular complexity index is 1060. The molecule has 0 aromatic carbocycles. The summed E-state index contributed by atoms with van der Waals surface area (Å²) < 4.78 is 48.6. The number of aliphatic hydroxyl groups excluding tert-OH is 1. The average molecular weight is 421 g/mol. The lowest BCUT2D eigenvalue weighted by atomic mass is 9.97. The molecule has 1 aliphatic rings. The molecule has 1 N–H and O–H groups in total. The molecule has 3 aromatic heterocycles. The van der Waals surface area contributed by atoms with Gasteiger partial charge in [-0.15, -0.1) is 0 Å². The molecule has 0 radical (unpaired) electrons. The van der Waals surface area contributed by atoms with Gasteiger partial charge in [0.1, 0.15) is 5.82 Å². The number of ether oxygens (including phenoxy) is 1. The molecule has 3 aromatic rings. The third kappa shape index (κ3) is 3.79. The van der Waals surface area contributed by atoms with Crippen molar-refractivity contribution >= 4 is 11.5 Å². The number of aromatic nitrogens is 4. The van der Waals surface area contributed by atoms with E-state index in [4.69, 9.17) is 4.74 Å². The summed E-state index contributed by atoms with van der Waals surface area (Å²) in [6.45, 7) is 2.71. The first kappa shape index (κ1) is 20.4. The van der Waals surface area contributed by atoms with Crippen LogP contribution in [0.3, 0.4) is 0 Å². The second-order valence-electron chi connectivity index (χ2n) is 7.45. The van der Waals surface area contributed by atoms with Crippen LogP contribution in [0.25, 0.3) is 16.9 Å². The summed E-state index contributed by atoms with van der Waals surface area (Å²) >= 11 is 0. The lowest BCUT2D eigenvalue weighted by Gasteiger charge is -2.33. The summed E-state index contributed by atoms with van der Waals surface area (Å²) in [6, 6.07) is 1.08. The van der Waals surface area contributed by atoms with Crippen LogP contribution in [0.15, 0.2) is 24.7 Å². The van der Waals surface area contributed by atoms with Gasteiger partial charge in [0, 0.05) is 43.9 Å². The average Bonchev–Trinajstić information content (AvgIpc) is 3.12. The Morgan fingerprint density at radius 1 is 1.20 bits per heavy atom. The van der Waals surface area contributed by atoms with Crippen LogP contribution in [-0.4, -0.2) is 51.3 Å². The van der Waals surface area contributed by atoms with Crippen molar-refractivity contribution in [2.45, 2.75) is 25.9 Å². The van der Waals surface area contributed by atoms with Crippen molar-refractivity contribution in [3.8, 4) is 17.1 Å². The molecule has 7 nitrogen and oxygen atoms in total. The highest BCUT2D eigenvalue weighted by molar-refractivity contribution is 5.66. The number of imidazole rings is 1. The van der Waals surface area contributed by atoms with Crippen LogP contribution < -0.4 is 9.64 Å². The van der Waals surface area contributed by atoms with Crippen LogP contribution in [0.2, 0.25) is 0 Å². The number of pyridine rings is 1. The molecule has 10 heteroatoms. The van der Waals surface area contributed by atoms with Crippen LogP contribution in [-0.2, 0) is 6.18 Å². The zero-order valence-electron chi connectivity index (χ0n) is 16.6. The van der Waals surface area contributed by atoms with Crippen molar-refractivity contribution in [2.75, 3.05) is 31.7 Å². The maximum absolute atomic E-state index is 13.9. The molecular weight excluding hydrogens is 399 g/mol. The molecule has 0 aliphatic carbocycles. The molecule has 1 aliphatic heterocycles. The molecule has 0 atom stereocenters. The highest BCUT2D eigenvalue weighted by Crippen LogP contribution is 2.39. The van der Waals surface area contributed by atoms with E-state index in [0.717, 1.165) is 11.8 Å². The van der Waals surface area contributed by atoms with Gasteiger partial charge < -0.3 is 19.1 Å². The van der Waals surface area contributed by atoms with Gasteiger partial charge in [0.2, 0.25) is 5.65 Å². The highest BCUT2D eigenvalue weighted by Gasteiger charge is 2.37. The monoisotopic (exact) mass is 421 g/mol. The minimum absolute atomic E-state index is 0.0516. The number of methoxy groups -OCH3 is 1. The van der Waals surface area contributed by atoms with E-state index in [1.54, 1.807) is 21.7 Å². The molecule has 1 saturated heterocycles. The molecule has 4 heterocycles. The minimum atomic E-state index is -4.56. The molecule has 0 spiro atoms. The van der Waals surface area contributed by atoms with Gasteiger partial charge in [-0.1, -0.05) is 0 Å². The summed E-state index contributed by atoms with van der Waals surface area (Å²) in [6.07, 6.45) is 1.47. The van der Waals surface area contributed by atoms with Gasteiger partial charge in [0.05, 0.1) is 24.1 Å². The van der Waals surface area contributed by atoms with Gasteiger partial charge in [-0.05, 0) is 31.7 Å². The molecule has 1 fully saturated rings. The SMILES string of the molecule is COc1nc(-c2cnc(N3CCC(CO)CC3)c(C(F)(F)F)c2)cn2cc(C)nc12. The summed E-state index contributed by atoms with van der Waals surface area (Å²) in [7, 11) is 1.44. The van der Waals surface area contributed by atoms with Crippen LogP contribution in [0.4, 0.5) is 19.0 Å². The fourth-order valence-electron chi connectivity index (χ4n) is 3.75. The number of alkyl halides is 3. The van der Waals surface area contributed by atoms with E-state index >= 15 is 0 Å². The van der Waals surface area contributed by atoms with Crippen molar-refractivity contribution in [1.29, 1.82) is 0 Å². The van der Waals surface area contributed by atoms with E-state index in [0.29, 0.717) is 37.3 Å². The first-order valence-corrected chi connectivity index (χ1v) is 9.64. The predicted octanol–water partition coefficient (Wildman–Crippen LogP) is 3.34. The highest BCUT2D eigenvalue weighted by atomic mass is 19.4. The molecule has 0 amide bonds. The van der Waals surface area contributed by atoms with E-state index in [1.807, 2.05) is 6.92 Å². The summed E-state index contributed by atoms with van der Waals surface area (Å²) in [4.78, 5) is 14.5. The second-order valence-corrected chi connectivity index (χ2v) is 7.45. The first-order chi connectivity index (χ1) is 14.3. The maximum Gasteiger partial charge on any atom is 0.419 e. The first-order valence-electron chi connectivity index (χ1n) is 9.64. The van der Waals surface area contributed by atoms with Crippen LogP contribution >= 0.6 is 0 Å². The maximum atomic E-state index is 13.9. The second kappa shape index (κ2) is 7.75. The number of piperidine rings is 1. The number of anilines is 1. The number of nitrogens with zero attached hydrogens (tertiary/aromatic N) is 5. The minimum Gasteiger partial charge on any atom is -0.478 e. The molecule has 0 unspecified atom stereocenters. The van der Waals surface area contributed by atoms with Gasteiger partial charge in [-0.3, -0.25) is 0 Å². The number of aryl methyl sites for hydroxylation is 1. The Morgan fingerprint density at radius 2 is 1.93 bits per heavy atom. The normalized spacial score (nSPS) is 15.7.